The Morgan fingerprint density at radius 3 is 2.71 bits per heavy atom. The lowest BCUT2D eigenvalue weighted by molar-refractivity contribution is -0.138. The number of ether oxygens (including phenoxy) is 1. The second-order valence-electron chi connectivity index (χ2n) is 2.67. The van der Waals surface area contributed by atoms with Crippen LogP contribution in [-0.4, -0.2) is 11.6 Å². The maximum absolute atomic E-state index is 12.4. The van der Waals surface area contributed by atoms with Crippen LogP contribution < -0.4 is 0 Å². The van der Waals surface area contributed by atoms with Crippen LogP contribution in [0.1, 0.15) is 18.1 Å². The van der Waals surface area contributed by atoms with Gasteiger partial charge in [0.05, 0.1) is 12.2 Å². The average Bonchev–Trinajstić information content (AvgIpc) is 2.14. The summed E-state index contributed by atoms with van der Waals surface area (Å²) in [5.41, 5.74) is -0.609. The molecule has 0 N–H and O–H groups in total. The standard InChI is InChI=1S/C9H10F3NO/c1-2-14-6-7-5-13-4-3-8(7)9(10,11)12/h3-5H,2,6H2,1H3. The second kappa shape index (κ2) is 4.41. The van der Waals surface area contributed by atoms with Gasteiger partial charge in [-0.05, 0) is 13.0 Å². The summed E-state index contributed by atoms with van der Waals surface area (Å²) in [7, 11) is 0. The molecule has 1 aromatic rings. The number of pyridine rings is 1. The number of halogens is 3. The van der Waals surface area contributed by atoms with E-state index in [0.29, 0.717) is 6.61 Å². The van der Waals surface area contributed by atoms with Gasteiger partial charge in [0.1, 0.15) is 0 Å². The molecule has 5 heteroatoms. The molecule has 0 aromatic carbocycles. The van der Waals surface area contributed by atoms with Gasteiger partial charge in [0.25, 0.3) is 0 Å². The van der Waals surface area contributed by atoms with E-state index in [0.717, 1.165) is 12.3 Å². The molecule has 0 bridgehead atoms. The highest BCUT2D eigenvalue weighted by molar-refractivity contribution is 5.25. The lowest BCUT2D eigenvalue weighted by Crippen LogP contribution is -2.10. The van der Waals surface area contributed by atoms with Crippen molar-refractivity contribution in [3.8, 4) is 0 Å². The first-order chi connectivity index (χ1) is 6.55. The van der Waals surface area contributed by atoms with E-state index in [2.05, 4.69) is 4.98 Å². The Balaban J connectivity index is 2.92. The summed E-state index contributed by atoms with van der Waals surface area (Å²) in [6.07, 6.45) is -2.04. The van der Waals surface area contributed by atoms with Crippen LogP contribution in [0.4, 0.5) is 13.2 Å². The minimum Gasteiger partial charge on any atom is -0.377 e. The molecule has 0 atom stereocenters. The highest BCUT2D eigenvalue weighted by atomic mass is 19.4. The van der Waals surface area contributed by atoms with Crippen molar-refractivity contribution in [3.05, 3.63) is 29.6 Å². The molecular formula is C9H10F3NO. The number of aromatic nitrogens is 1. The Kier molecular flexibility index (Phi) is 3.46. The van der Waals surface area contributed by atoms with E-state index in [1.165, 1.54) is 6.20 Å². The van der Waals surface area contributed by atoms with Gasteiger partial charge in [0, 0.05) is 24.6 Å². The van der Waals surface area contributed by atoms with Gasteiger partial charge >= 0.3 is 6.18 Å². The monoisotopic (exact) mass is 205 g/mol. The molecule has 1 aromatic heterocycles. The first-order valence-electron chi connectivity index (χ1n) is 4.13. The van der Waals surface area contributed by atoms with Crippen LogP contribution in [0, 0.1) is 0 Å². The van der Waals surface area contributed by atoms with E-state index in [1.54, 1.807) is 6.92 Å². The van der Waals surface area contributed by atoms with Gasteiger partial charge in [-0.2, -0.15) is 13.2 Å². The molecule has 0 amide bonds. The van der Waals surface area contributed by atoms with Gasteiger partial charge in [0.2, 0.25) is 0 Å². The maximum Gasteiger partial charge on any atom is 0.416 e. The maximum atomic E-state index is 12.4. The third-order valence-electron chi connectivity index (χ3n) is 1.67. The van der Waals surface area contributed by atoms with Gasteiger partial charge < -0.3 is 4.74 Å². The Morgan fingerprint density at radius 2 is 2.14 bits per heavy atom. The summed E-state index contributed by atoms with van der Waals surface area (Å²) in [6.45, 7) is 2.05. The third-order valence-corrected chi connectivity index (χ3v) is 1.67. The normalized spacial score (nSPS) is 11.7. The molecule has 78 valence electrons. The molecule has 0 saturated carbocycles. The van der Waals surface area contributed by atoms with E-state index in [4.69, 9.17) is 4.74 Å². The zero-order valence-corrected chi connectivity index (χ0v) is 7.64. The predicted molar refractivity (Wildman–Crippen MR) is 44.6 cm³/mol. The van der Waals surface area contributed by atoms with Crippen LogP contribution in [0.3, 0.4) is 0 Å². The molecule has 0 aliphatic rings. The minimum absolute atomic E-state index is 0.0564. The largest absolute Gasteiger partial charge is 0.416 e. The minimum atomic E-state index is -4.34. The van der Waals surface area contributed by atoms with Crippen molar-refractivity contribution in [2.75, 3.05) is 6.61 Å². The number of alkyl halides is 3. The molecule has 0 spiro atoms. The van der Waals surface area contributed by atoms with Crippen LogP contribution in [0.2, 0.25) is 0 Å². The van der Waals surface area contributed by atoms with Crippen molar-refractivity contribution in [2.45, 2.75) is 19.7 Å². The summed E-state index contributed by atoms with van der Waals surface area (Å²) in [4.78, 5) is 3.63. The van der Waals surface area contributed by atoms with Gasteiger partial charge in [-0.15, -0.1) is 0 Å². The van der Waals surface area contributed by atoms with Crippen LogP contribution in [0.5, 0.6) is 0 Å². The highest BCUT2D eigenvalue weighted by Gasteiger charge is 2.33. The number of hydrogen-bond donors (Lipinski definition) is 0. The molecule has 0 fully saturated rings. The van der Waals surface area contributed by atoms with Crippen molar-refractivity contribution in [2.24, 2.45) is 0 Å². The molecule has 1 heterocycles. The van der Waals surface area contributed by atoms with Gasteiger partial charge in [-0.1, -0.05) is 0 Å². The molecule has 0 saturated heterocycles. The van der Waals surface area contributed by atoms with Gasteiger partial charge in [-0.25, -0.2) is 0 Å². The Labute approximate surface area is 79.7 Å². The van der Waals surface area contributed by atoms with E-state index in [1.807, 2.05) is 0 Å². The van der Waals surface area contributed by atoms with Crippen molar-refractivity contribution in [3.63, 3.8) is 0 Å². The first-order valence-corrected chi connectivity index (χ1v) is 4.13. The summed E-state index contributed by atoms with van der Waals surface area (Å²) in [6, 6.07) is 0.953. The summed E-state index contributed by atoms with van der Waals surface area (Å²) >= 11 is 0. The number of nitrogens with zero attached hydrogens (tertiary/aromatic N) is 1. The van der Waals surface area contributed by atoms with E-state index in [-0.39, 0.29) is 12.2 Å². The fourth-order valence-electron chi connectivity index (χ4n) is 1.03. The second-order valence-corrected chi connectivity index (χ2v) is 2.67. The molecule has 0 radical (unpaired) electrons. The molecular weight excluding hydrogens is 195 g/mol. The van der Waals surface area contributed by atoms with E-state index < -0.39 is 11.7 Å². The zero-order valence-electron chi connectivity index (χ0n) is 7.64. The van der Waals surface area contributed by atoms with Crippen LogP contribution in [0.15, 0.2) is 18.5 Å². The zero-order chi connectivity index (χ0) is 10.6. The molecule has 1 rings (SSSR count). The molecule has 0 aliphatic carbocycles. The molecule has 0 unspecified atom stereocenters. The summed E-state index contributed by atoms with van der Waals surface area (Å²) in [5.74, 6) is 0. The quantitative estimate of drug-likeness (QED) is 0.756. The summed E-state index contributed by atoms with van der Waals surface area (Å²) in [5, 5.41) is 0. The fraction of sp³-hybridized carbons (Fsp3) is 0.444. The Bertz CT molecular complexity index is 298. The highest BCUT2D eigenvalue weighted by Crippen LogP contribution is 2.31. The molecule has 0 aliphatic heterocycles. The Hall–Kier alpha value is -1.10. The average molecular weight is 205 g/mol. The first kappa shape index (κ1) is 11.0. The van der Waals surface area contributed by atoms with Crippen LogP contribution in [-0.2, 0) is 17.5 Å². The number of hydrogen-bond acceptors (Lipinski definition) is 2. The lowest BCUT2D eigenvalue weighted by atomic mass is 10.1. The lowest BCUT2D eigenvalue weighted by Gasteiger charge is -2.11. The SMILES string of the molecule is CCOCc1cnccc1C(F)(F)F. The van der Waals surface area contributed by atoms with Gasteiger partial charge in [-0.3, -0.25) is 4.98 Å². The van der Waals surface area contributed by atoms with Crippen molar-refractivity contribution < 1.29 is 17.9 Å². The van der Waals surface area contributed by atoms with Crippen LogP contribution >= 0.6 is 0 Å². The molecule has 14 heavy (non-hydrogen) atoms. The predicted octanol–water partition coefficient (Wildman–Crippen LogP) is 2.64. The number of rotatable bonds is 3. The Morgan fingerprint density at radius 1 is 1.43 bits per heavy atom. The fourth-order valence-corrected chi connectivity index (χ4v) is 1.03. The van der Waals surface area contributed by atoms with E-state index >= 15 is 0 Å². The third kappa shape index (κ3) is 2.70. The van der Waals surface area contributed by atoms with Crippen molar-refractivity contribution in [1.82, 2.24) is 4.98 Å². The molecule has 2 nitrogen and oxygen atoms in total. The van der Waals surface area contributed by atoms with Gasteiger partial charge in [0.15, 0.2) is 0 Å². The summed E-state index contributed by atoms with van der Waals surface area (Å²) < 4.78 is 42.1. The van der Waals surface area contributed by atoms with E-state index in [9.17, 15) is 13.2 Å². The van der Waals surface area contributed by atoms with Crippen molar-refractivity contribution >= 4 is 0 Å². The topological polar surface area (TPSA) is 22.1 Å². The van der Waals surface area contributed by atoms with Crippen LogP contribution in [0.25, 0.3) is 0 Å². The smallest absolute Gasteiger partial charge is 0.377 e. The van der Waals surface area contributed by atoms with Crippen molar-refractivity contribution in [1.29, 1.82) is 0 Å².